The third kappa shape index (κ3) is 7.43. The quantitative estimate of drug-likeness (QED) is 0.162. The Morgan fingerprint density at radius 2 is 0.949 bits per heavy atom. The van der Waals surface area contributed by atoms with Crippen LogP contribution in [0.1, 0.15) is 65.2 Å². The summed E-state index contributed by atoms with van der Waals surface area (Å²) in [5.74, 6) is 1.89. The molecule has 0 aliphatic heterocycles. The molecule has 2 aromatic carbocycles. The second-order valence-corrected chi connectivity index (χ2v) is 9.68. The average Bonchev–Trinajstić information content (AvgIpc) is 3.48. The Kier molecular flexibility index (Phi) is 13.5. The smallest absolute Gasteiger partial charge is 1.00 e. The Morgan fingerprint density at radius 1 is 0.513 bits per heavy atom. The number of nitrogens with zero attached hydrogens (tertiary/aromatic N) is 5. The topological polar surface area (TPSA) is 48.5 Å². The van der Waals surface area contributed by atoms with Crippen LogP contribution in [-0.4, -0.2) is 24.1 Å². The Hall–Kier alpha value is -2.37. The summed E-state index contributed by atoms with van der Waals surface area (Å²) in [6.45, 7) is 6.42. The van der Waals surface area contributed by atoms with Crippen molar-refractivity contribution < 1.29 is 41.9 Å². The van der Waals surface area contributed by atoms with Crippen molar-refractivity contribution in [1.82, 2.24) is 24.1 Å². The van der Waals surface area contributed by atoms with Crippen LogP contribution >= 0.6 is 0 Å². The monoisotopic (exact) mass is 605 g/mol. The molecule has 0 saturated carbocycles. The molecule has 5 aromatic rings. The first kappa shape index (κ1) is 32.8. The van der Waals surface area contributed by atoms with E-state index in [-0.39, 0.29) is 41.9 Å². The standard InChI is InChI=1S/C31H37N5.2ClH.Fe/c1-3-5-7-13-22-35-28-20-11-9-16-24(28)33-30(35)26-18-15-19-27(32-26)31-34-25-17-10-12-21-29(25)36(31)23-14-8-6-4-2;;;/h9-12,15-21H,3-8,13-14,22-23H2,1-2H3;2*1H;/q;;;+2/p-2. The molecule has 3 heterocycles. The fourth-order valence-electron chi connectivity index (χ4n) is 5.07. The van der Waals surface area contributed by atoms with Gasteiger partial charge >= 0.3 is 17.1 Å². The molecular weight excluding hydrogens is 569 g/mol. The van der Waals surface area contributed by atoms with Crippen LogP contribution in [0, 0.1) is 0 Å². The summed E-state index contributed by atoms with van der Waals surface area (Å²) < 4.78 is 4.70. The van der Waals surface area contributed by atoms with Gasteiger partial charge in [-0.25, -0.2) is 15.0 Å². The molecule has 0 fully saturated rings. The van der Waals surface area contributed by atoms with Crippen LogP contribution in [-0.2, 0) is 30.2 Å². The number of fused-ring (bicyclic) bond motifs is 2. The number of imidazole rings is 2. The Balaban J connectivity index is 0.00000178. The zero-order chi connectivity index (χ0) is 24.7. The maximum atomic E-state index is 5.15. The first-order valence-electron chi connectivity index (χ1n) is 13.7. The van der Waals surface area contributed by atoms with Gasteiger partial charge in [-0.2, -0.15) is 0 Å². The summed E-state index contributed by atoms with van der Waals surface area (Å²) in [4.78, 5) is 15.2. The van der Waals surface area contributed by atoms with E-state index in [0.717, 1.165) is 60.0 Å². The minimum absolute atomic E-state index is 0. The fraction of sp³-hybridized carbons (Fsp3) is 0.387. The number of aryl methyl sites for hydroxylation is 2. The van der Waals surface area contributed by atoms with E-state index < -0.39 is 0 Å². The molecule has 0 aliphatic rings. The SMILES string of the molecule is CCCCCCn1c(-c2cccc(-c3nc4ccccc4n3CCCCCC)n2)nc2ccccc21.[Cl-].[Cl-].[Fe+2]. The van der Waals surface area contributed by atoms with E-state index in [1.165, 1.54) is 49.6 Å². The van der Waals surface area contributed by atoms with E-state index >= 15 is 0 Å². The normalized spacial score (nSPS) is 10.7. The molecule has 5 nitrogen and oxygen atoms in total. The summed E-state index contributed by atoms with van der Waals surface area (Å²) in [5, 5.41) is 0. The summed E-state index contributed by atoms with van der Waals surface area (Å²) >= 11 is 0. The number of aromatic nitrogens is 5. The number of halogens is 2. The molecule has 0 unspecified atom stereocenters. The molecule has 0 saturated heterocycles. The third-order valence-corrected chi connectivity index (χ3v) is 6.99. The minimum Gasteiger partial charge on any atom is -1.00 e. The van der Waals surface area contributed by atoms with Crippen LogP contribution in [0.15, 0.2) is 66.7 Å². The van der Waals surface area contributed by atoms with Crippen LogP contribution in [0.2, 0.25) is 0 Å². The second kappa shape index (κ2) is 16.0. The number of rotatable bonds is 12. The second-order valence-electron chi connectivity index (χ2n) is 9.68. The van der Waals surface area contributed by atoms with Gasteiger partial charge in [-0.15, -0.1) is 0 Å². The molecule has 208 valence electrons. The molecule has 0 spiro atoms. The summed E-state index contributed by atoms with van der Waals surface area (Å²) in [7, 11) is 0. The molecule has 0 bridgehead atoms. The molecule has 0 radical (unpaired) electrons. The van der Waals surface area contributed by atoms with Crippen molar-refractivity contribution in [3.63, 3.8) is 0 Å². The largest absolute Gasteiger partial charge is 2.00 e. The van der Waals surface area contributed by atoms with Crippen molar-refractivity contribution in [2.75, 3.05) is 0 Å². The van der Waals surface area contributed by atoms with Gasteiger partial charge in [-0.05, 0) is 49.2 Å². The van der Waals surface area contributed by atoms with Gasteiger partial charge in [-0.1, -0.05) is 82.7 Å². The first-order chi connectivity index (χ1) is 17.8. The van der Waals surface area contributed by atoms with Crippen LogP contribution < -0.4 is 24.8 Å². The van der Waals surface area contributed by atoms with E-state index in [9.17, 15) is 0 Å². The number of benzene rings is 2. The molecule has 0 atom stereocenters. The summed E-state index contributed by atoms with van der Waals surface area (Å²) in [5.41, 5.74) is 6.23. The van der Waals surface area contributed by atoms with Crippen LogP contribution in [0.25, 0.3) is 45.1 Å². The maximum Gasteiger partial charge on any atom is 2.00 e. The zero-order valence-corrected chi connectivity index (χ0v) is 25.4. The predicted octanol–water partition coefficient (Wildman–Crippen LogP) is 2.28. The van der Waals surface area contributed by atoms with Crippen molar-refractivity contribution in [2.24, 2.45) is 0 Å². The molecule has 8 heteroatoms. The van der Waals surface area contributed by atoms with Crippen molar-refractivity contribution in [2.45, 2.75) is 78.3 Å². The Bertz CT molecular complexity index is 1340. The van der Waals surface area contributed by atoms with Crippen molar-refractivity contribution in [3.8, 4) is 23.0 Å². The fourth-order valence-corrected chi connectivity index (χ4v) is 5.07. The Labute approximate surface area is 255 Å². The Morgan fingerprint density at radius 3 is 1.38 bits per heavy atom. The maximum absolute atomic E-state index is 5.15. The third-order valence-electron chi connectivity index (χ3n) is 6.99. The predicted molar refractivity (Wildman–Crippen MR) is 150 cm³/mol. The molecule has 5 rings (SSSR count). The average molecular weight is 606 g/mol. The van der Waals surface area contributed by atoms with E-state index in [2.05, 4.69) is 89.7 Å². The molecule has 0 aliphatic carbocycles. The van der Waals surface area contributed by atoms with Gasteiger partial charge in [0.1, 0.15) is 11.4 Å². The number of pyridine rings is 1. The van der Waals surface area contributed by atoms with Gasteiger partial charge in [0.15, 0.2) is 11.6 Å². The van der Waals surface area contributed by atoms with E-state index in [1.54, 1.807) is 0 Å². The van der Waals surface area contributed by atoms with Crippen molar-refractivity contribution in [1.29, 1.82) is 0 Å². The van der Waals surface area contributed by atoms with Crippen molar-refractivity contribution >= 4 is 22.1 Å². The number of unbranched alkanes of at least 4 members (excludes halogenated alkanes) is 6. The van der Waals surface area contributed by atoms with E-state index in [1.807, 2.05) is 0 Å². The number of hydrogen-bond acceptors (Lipinski definition) is 3. The van der Waals surface area contributed by atoms with E-state index in [4.69, 9.17) is 15.0 Å². The molecule has 0 N–H and O–H groups in total. The van der Waals surface area contributed by atoms with Crippen LogP contribution in [0.4, 0.5) is 0 Å². The summed E-state index contributed by atoms with van der Waals surface area (Å²) in [6, 6.07) is 23.1. The van der Waals surface area contributed by atoms with Gasteiger partial charge in [0.2, 0.25) is 0 Å². The van der Waals surface area contributed by atoms with Crippen LogP contribution in [0.5, 0.6) is 0 Å². The number of para-hydroxylation sites is 4. The molecule has 3 aromatic heterocycles. The van der Waals surface area contributed by atoms with E-state index in [0.29, 0.717) is 0 Å². The molecule has 0 amide bonds. The first-order valence-corrected chi connectivity index (χ1v) is 13.7. The summed E-state index contributed by atoms with van der Waals surface area (Å²) in [6.07, 6.45) is 9.77. The zero-order valence-electron chi connectivity index (χ0n) is 22.8. The minimum atomic E-state index is 0. The van der Waals surface area contributed by atoms with Gasteiger partial charge in [0, 0.05) is 13.1 Å². The van der Waals surface area contributed by atoms with Gasteiger partial charge in [-0.3, -0.25) is 0 Å². The van der Waals surface area contributed by atoms with Gasteiger partial charge in [0.05, 0.1) is 22.1 Å². The van der Waals surface area contributed by atoms with Gasteiger partial charge in [0.25, 0.3) is 0 Å². The molecule has 39 heavy (non-hydrogen) atoms. The van der Waals surface area contributed by atoms with Crippen molar-refractivity contribution in [3.05, 3.63) is 66.7 Å². The molecular formula is C31H37Cl2FeN5. The van der Waals surface area contributed by atoms with Gasteiger partial charge < -0.3 is 33.9 Å². The van der Waals surface area contributed by atoms with Crippen LogP contribution in [0.3, 0.4) is 0 Å². The number of hydrogen-bond donors (Lipinski definition) is 0.